The Bertz CT molecular complexity index is 470. The minimum Gasteiger partial charge on any atom is -0.497 e. The molecule has 1 amide bonds. The van der Waals surface area contributed by atoms with Gasteiger partial charge in [-0.1, -0.05) is 12.1 Å². The number of amides is 1. The molecule has 0 spiro atoms. The lowest BCUT2D eigenvalue weighted by molar-refractivity contribution is -0.189. The molecule has 110 valence electrons. The van der Waals surface area contributed by atoms with E-state index in [1.54, 1.807) is 24.3 Å². The monoisotopic (exact) mass is 287 g/mol. The summed E-state index contributed by atoms with van der Waals surface area (Å²) in [6.07, 6.45) is -2.84. The van der Waals surface area contributed by atoms with Crippen LogP contribution in [0.15, 0.2) is 24.3 Å². The van der Waals surface area contributed by atoms with Crippen molar-refractivity contribution in [3.8, 4) is 5.75 Å². The highest BCUT2D eigenvalue weighted by Gasteiger charge is 2.45. The Hall–Kier alpha value is -1.72. The van der Waals surface area contributed by atoms with Crippen molar-refractivity contribution in [3.05, 3.63) is 29.8 Å². The quantitative estimate of drug-likeness (QED) is 0.835. The predicted octanol–water partition coefficient (Wildman–Crippen LogP) is 3.31. The molecular formula is C14H16F3NO2. The number of hydrogen-bond acceptors (Lipinski definition) is 2. The lowest BCUT2D eigenvalue weighted by Gasteiger charge is -2.36. The van der Waals surface area contributed by atoms with Crippen LogP contribution in [-0.2, 0) is 4.79 Å². The molecule has 0 saturated carbocycles. The van der Waals surface area contributed by atoms with E-state index >= 15 is 0 Å². The average Bonchev–Trinajstić information content (AvgIpc) is 2.45. The van der Waals surface area contributed by atoms with Crippen molar-refractivity contribution in [3.63, 3.8) is 0 Å². The molecule has 20 heavy (non-hydrogen) atoms. The molecule has 0 N–H and O–H groups in total. The van der Waals surface area contributed by atoms with Gasteiger partial charge in [0, 0.05) is 6.54 Å². The second-order valence-corrected chi connectivity index (χ2v) is 4.78. The van der Waals surface area contributed by atoms with Crippen LogP contribution in [0.5, 0.6) is 5.75 Å². The number of likely N-dealkylation sites (tertiary alicyclic amines) is 1. The topological polar surface area (TPSA) is 29.5 Å². The zero-order valence-corrected chi connectivity index (χ0v) is 11.1. The van der Waals surface area contributed by atoms with Crippen LogP contribution in [-0.4, -0.2) is 30.6 Å². The van der Waals surface area contributed by atoms with E-state index < -0.39 is 18.1 Å². The first-order chi connectivity index (χ1) is 9.43. The maximum atomic E-state index is 12.6. The summed E-state index contributed by atoms with van der Waals surface area (Å²) in [5.74, 6) is -1.11. The number of nitrogens with zero attached hydrogens (tertiary/aromatic N) is 1. The van der Waals surface area contributed by atoms with Gasteiger partial charge in [-0.25, -0.2) is 0 Å². The Morgan fingerprint density at radius 1 is 1.25 bits per heavy atom. The van der Waals surface area contributed by atoms with Crippen LogP contribution in [0.2, 0.25) is 0 Å². The van der Waals surface area contributed by atoms with E-state index in [0.29, 0.717) is 24.2 Å². The molecule has 1 aromatic carbocycles. The van der Waals surface area contributed by atoms with Crippen molar-refractivity contribution in [1.29, 1.82) is 0 Å². The Balaban J connectivity index is 2.24. The van der Waals surface area contributed by atoms with E-state index in [-0.39, 0.29) is 6.54 Å². The lowest BCUT2D eigenvalue weighted by Crippen LogP contribution is -2.45. The Morgan fingerprint density at radius 3 is 2.45 bits per heavy atom. The largest absolute Gasteiger partial charge is 0.497 e. The number of benzene rings is 1. The molecule has 0 aliphatic carbocycles. The number of carbonyl (C=O) groups is 1. The molecule has 0 radical (unpaired) electrons. The van der Waals surface area contributed by atoms with Crippen molar-refractivity contribution < 1.29 is 22.7 Å². The highest BCUT2D eigenvalue weighted by molar-refractivity contribution is 5.82. The maximum absolute atomic E-state index is 12.6. The zero-order chi connectivity index (χ0) is 14.8. The van der Waals surface area contributed by atoms with Crippen LogP contribution >= 0.6 is 0 Å². The molecule has 0 aromatic heterocycles. The fourth-order valence-electron chi connectivity index (χ4n) is 2.51. The number of piperidine rings is 1. The Morgan fingerprint density at radius 2 is 1.90 bits per heavy atom. The number of halogens is 3. The lowest BCUT2D eigenvalue weighted by atomic mass is 9.95. The van der Waals surface area contributed by atoms with Gasteiger partial charge in [0.15, 0.2) is 0 Å². The van der Waals surface area contributed by atoms with Crippen LogP contribution in [0.4, 0.5) is 13.2 Å². The summed E-state index contributed by atoms with van der Waals surface area (Å²) >= 11 is 0. The van der Waals surface area contributed by atoms with Crippen molar-refractivity contribution in [1.82, 2.24) is 4.90 Å². The third kappa shape index (κ3) is 3.05. The summed E-state index contributed by atoms with van der Waals surface area (Å²) in [5, 5.41) is 0. The third-order valence-electron chi connectivity index (χ3n) is 3.51. The van der Waals surface area contributed by atoms with E-state index in [1.165, 1.54) is 7.11 Å². The molecule has 1 heterocycles. The molecule has 0 unspecified atom stereocenters. The molecule has 1 atom stereocenters. The normalized spacial score (nSPS) is 19.8. The number of ether oxygens (including phenoxy) is 1. The molecule has 0 bridgehead atoms. The number of carbonyl (C=O) groups excluding carboxylic acids is 1. The fraction of sp³-hybridized carbons (Fsp3) is 0.500. The third-order valence-corrected chi connectivity index (χ3v) is 3.51. The van der Waals surface area contributed by atoms with E-state index in [0.717, 1.165) is 11.3 Å². The second kappa shape index (κ2) is 5.73. The van der Waals surface area contributed by atoms with Crippen LogP contribution in [0.1, 0.15) is 30.9 Å². The Kier molecular flexibility index (Phi) is 4.20. The molecule has 6 heteroatoms. The van der Waals surface area contributed by atoms with Crippen LogP contribution < -0.4 is 4.74 Å². The van der Waals surface area contributed by atoms with Crippen LogP contribution in [0, 0.1) is 0 Å². The minimum absolute atomic E-state index is 0.148. The highest BCUT2D eigenvalue weighted by atomic mass is 19.4. The summed E-state index contributed by atoms with van der Waals surface area (Å²) in [6, 6.07) is 6.31. The highest BCUT2D eigenvalue weighted by Crippen LogP contribution is 2.34. The van der Waals surface area contributed by atoms with Gasteiger partial charge < -0.3 is 9.64 Å². The van der Waals surface area contributed by atoms with E-state index in [1.807, 2.05) is 0 Å². The molecule has 1 aromatic rings. The van der Waals surface area contributed by atoms with Gasteiger partial charge >= 0.3 is 12.1 Å². The van der Waals surface area contributed by atoms with Crippen molar-refractivity contribution in [2.45, 2.75) is 31.5 Å². The SMILES string of the molecule is COc1ccc([C@H]2CCCCN2C(=O)C(F)(F)F)cc1. The van der Waals surface area contributed by atoms with E-state index in [9.17, 15) is 18.0 Å². The summed E-state index contributed by atoms with van der Waals surface area (Å²) < 4.78 is 42.9. The van der Waals surface area contributed by atoms with Crippen molar-refractivity contribution in [2.75, 3.05) is 13.7 Å². The van der Waals surface area contributed by atoms with Gasteiger partial charge in [0.05, 0.1) is 13.2 Å². The predicted molar refractivity (Wildman–Crippen MR) is 67.4 cm³/mol. The smallest absolute Gasteiger partial charge is 0.471 e. The molecule has 1 aliphatic rings. The molecule has 1 fully saturated rings. The van der Waals surface area contributed by atoms with Gasteiger partial charge in [-0.3, -0.25) is 4.79 Å². The second-order valence-electron chi connectivity index (χ2n) is 4.78. The number of alkyl halides is 3. The van der Waals surface area contributed by atoms with Gasteiger partial charge in [-0.15, -0.1) is 0 Å². The molecule has 1 saturated heterocycles. The Labute approximate surface area is 115 Å². The average molecular weight is 287 g/mol. The summed E-state index contributed by atoms with van der Waals surface area (Å²) in [5.41, 5.74) is 0.711. The molecule has 3 nitrogen and oxygen atoms in total. The maximum Gasteiger partial charge on any atom is 0.471 e. The summed E-state index contributed by atoms with van der Waals surface area (Å²) in [7, 11) is 1.52. The summed E-state index contributed by atoms with van der Waals surface area (Å²) in [4.78, 5) is 12.4. The number of hydrogen-bond donors (Lipinski definition) is 0. The first kappa shape index (κ1) is 14.7. The molecule has 2 rings (SSSR count). The number of rotatable bonds is 2. The van der Waals surface area contributed by atoms with Crippen molar-refractivity contribution >= 4 is 5.91 Å². The van der Waals surface area contributed by atoms with Gasteiger partial charge in [-0.05, 0) is 37.0 Å². The zero-order valence-electron chi connectivity index (χ0n) is 11.1. The number of methoxy groups -OCH3 is 1. The van der Waals surface area contributed by atoms with Gasteiger partial charge in [0.25, 0.3) is 0 Å². The fourth-order valence-corrected chi connectivity index (χ4v) is 2.51. The summed E-state index contributed by atoms with van der Waals surface area (Å²) in [6.45, 7) is 0.148. The van der Waals surface area contributed by atoms with Gasteiger partial charge in [0.1, 0.15) is 5.75 Å². The van der Waals surface area contributed by atoms with E-state index in [4.69, 9.17) is 4.74 Å². The first-order valence-electron chi connectivity index (χ1n) is 6.45. The first-order valence-corrected chi connectivity index (χ1v) is 6.45. The minimum atomic E-state index is -4.82. The van der Waals surface area contributed by atoms with Crippen LogP contribution in [0.3, 0.4) is 0 Å². The van der Waals surface area contributed by atoms with Crippen LogP contribution in [0.25, 0.3) is 0 Å². The molecular weight excluding hydrogens is 271 g/mol. The van der Waals surface area contributed by atoms with E-state index in [2.05, 4.69) is 0 Å². The van der Waals surface area contributed by atoms with Crippen molar-refractivity contribution in [2.24, 2.45) is 0 Å². The van der Waals surface area contributed by atoms with Gasteiger partial charge in [0.2, 0.25) is 0 Å². The molecule has 1 aliphatic heterocycles. The standard InChI is InChI=1S/C14H16F3NO2/c1-20-11-7-5-10(6-8-11)12-4-2-3-9-18(12)13(19)14(15,16)17/h5-8,12H,2-4,9H2,1H3/t12-/m1/s1. The van der Waals surface area contributed by atoms with Gasteiger partial charge in [-0.2, -0.15) is 13.2 Å².